The largest absolute Gasteiger partial charge is 0.493 e. The zero-order valence-electron chi connectivity index (χ0n) is 27.4. The van der Waals surface area contributed by atoms with Crippen LogP contribution in [0.25, 0.3) is 16.9 Å². The van der Waals surface area contributed by atoms with Gasteiger partial charge in [0.1, 0.15) is 12.4 Å². The third-order valence-corrected chi connectivity index (χ3v) is 10.1. The average molecular weight is 654 g/mol. The fourth-order valence-electron chi connectivity index (χ4n) is 6.32. The minimum Gasteiger partial charge on any atom is -0.493 e. The Morgan fingerprint density at radius 2 is 1.60 bits per heavy atom. The van der Waals surface area contributed by atoms with Gasteiger partial charge < -0.3 is 19.3 Å². The Balaban J connectivity index is 1.55. The summed E-state index contributed by atoms with van der Waals surface area (Å²) >= 11 is 1.50. The van der Waals surface area contributed by atoms with Gasteiger partial charge in [0.25, 0.3) is 0 Å². The lowest BCUT2D eigenvalue weighted by Crippen LogP contribution is -2.53. The number of fused-ring (bicyclic) bond motifs is 1. The zero-order valence-corrected chi connectivity index (χ0v) is 28.2. The third-order valence-electron chi connectivity index (χ3n) is 8.80. The van der Waals surface area contributed by atoms with Crippen molar-refractivity contribution in [2.75, 3.05) is 57.6 Å². The molecule has 2 aliphatic heterocycles. The lowest BCUT2D eigenvalue weighted by atomic mass is 9.99. The summed E-state index contributed by atoms with van der Waals surface area (Å²) in [7, 11) is 3.21. The molecule has 0 aliphatic carbocycles. The quantitative estimate of drug-likeness (QED) is 0.276. The van der Waals surface area contributed by atoms with E-state index in [1.807, 2.05) is 79.2 Å². The molecule has 0 bridgehead atoms. The van der Waals surface area contributed by atoms with Gasteiger partial charge in [-0.1, -0.05) is 54.1 Å². The highest BCUT2D eigenvalue weighted by Crippen LogP contribution is 2.49. The van der Waals surface area contributed by atoms with Crippen molar-refractivity contribution in [1.82, 2.24) is 19.6 Å². The van der Waals surface area contributed by atoms with Crippen LogP contribution in [0.15, 0.2) is 66.7 Å². The minimum absolute atomic E-state index is 0.00604. The Bertz CT molecular complexity index is 1820. The summed E-state index contributed by atoms with van der Waals surface area (Å²) in [4.78, 5) is 45.1. The summed E-state index contributed by atoms with van der Waals surface area (Å²) < 4.78 is 13.0. The number of aryl methyl sites for hydroxylation is 2. The molecule has 0 radical (unpaired) electrons. The van der Waals surface area contributed by atoms with Crippen LogP contribution >= 0.6 is 11.8 Å². The molecule has 10 nitrogen and oxygen atoms in total. The molecule has 0 saturated carbocycles. The molecule has 1 aromatic heterocycles. The van der Waals surface area contributed by atoms with Crippen LogP contribution in [0.3, 0.4) is 0 Å². The number of hydrogen-bond acceptors (Lipinski definition) is 7. The van der Waals surface area contributed by atoms with Crippen molar-refractivity contribution in [3.63, 3.8) is 0 Å². The highest BCUT2D eigenvalue weighted by molar-refractivity contribution is 8.00. The number of rotatable bonds is 7. The Kier molecular flexibility index (Phi) is 9.26. The van der Waals surface area contributed by atoms with Gasteiger partial charge in [-0.15, -0.1) is 11.8 Å². The van der Waals surface area contributed by atoms with Gasteiger partial charge in [0.2, 0.25) is 17.7 Å². The molecule has 11 heteroatoms. The molecule has 244 valence electrons. The minimum atomic E-state index is -0.317. The van der Waals surface area contributed by atoms with E-state index in [1.54, 1.807) is 35.8 Å². The predicted molar refractivity (Wildman–Crippen MR) is 184 cm³/mol. The number of anilines is 1. The van der Waals surface area contributed by atoms with E-state index < -0.39 is 0 Å². The SMILES string of the molecule is COc1ccc(C2SCC(=O)N(CC(=O)N3CCN(C(C)=O)CC3)c3c2c(-c2ccccc2)nn3-c2ccc(C)cc2C)cc1OC. The summed E-state index contributed by atoms with van der Waals surface area (Å²) in [5.41, 5.74) is 6.33. The summed E-state index contributed by atoms with van der Waals surface area (Å²) in [5.74, 6) is 1.56. The summed E-state index contributed by atoms with van der Waals surface area (Å²) in [5, 5.41) is 4.92. The van der Waals surface area contributed by atoms with Crippen LogP contribution in [0.1, 0.15) is 34.4 Å². The number of aromatic nitrogens is 2. The van der Waals surface area contributed by atoms with Crippen molar-refractivity contribution in [2.24, 2.45) is 0 Å². The van der Waals surface area contributed by atoms with Gasteiger partial charge >= 0.3 is 0 Å². The van der Waals surface area contributed by atoms with Crippen LogP contribution in [-0.2, 0) is 14.4 Å². The predicted octanol–water partition coefficient (Wildman–Crippen LogP) is 5.03. The summed E-state index contributed by atoms with van der Waals surface area (Å²) in [6, 6.07) is 21.9. The number of benzene rings is 3. The average Bonchev–Trinajstić information content (AvgIpc) is 3.40. The van der Waals surface area contributed by atoms with Crippen molar-refractivity contribution in [1.29, 1.82) is 0 Å². The van der Waals surface area contributed by atoms with Gasteiger partial charge in [-0.2, -0.15) is 5.10 Å². The number of methoxy groups -OCH3 is 2. The molecular weight excluding hydrogens is 614 g/mol. The van der Waals surface area contributed by atoms with Crippen LogP contribution in [-0.4, -0.2) is 90.0 Å². The van der Waals surface area contributed by atoms with Crippen molar-refractivity contribution in [3.8, 4) is 28.4 Å². The highest BCUT2D eigenvalue weighted by atomic mass is 32.2. The first-order chi connectivity index (χ1) is 22.7. The molecule has 3 heterocycles. The van der Waals surface area contributed by atoms with Crippen LogP contribution < -0.4 is 14.4 Å². The number of thioether (sulfide) groups is 1. The standard InChI is InChI=1S/C36H39N5O5S/c1-23-11-13-28(24(2)19-23)41-36-33(34(37-41)26-9-7-6-8-10-26)35(27-12-14-29(45-4)30(20-27)46-5)47-22-32(44)40(36)21-31(43)39-17-15-38(16-18-39)25(3)42/h6-14,19-20,35H,15-18,21-22H2,1-5H3. The molecule has 1 fully saturated rings. The summed E-state index contributed by atoms with van der Waals surface area (Å²) in [6.45, 7) is 7.24. The Morgan fingerprint density at radius 1 is 0.894 bits per heavy atom. The Hall–Kier alpha value is -4.77. The van der Waals surface area contributed by atoms with E-state index in [-0.39, 0.29) is 35.3 Å². The molecule has 3 amide bonds. The number of amides is 3. The highest BCUT2D eigenvalue weighted by Gasteiger charge is 2.39. The number of hydrogen-bond donors (Lipinski definition) is 0. The number of carbonyl (C=O) groups is 3. The monoisotopic (exact) mass is 653 g/mol. The molecule has 6 rings (SSSR count). The van der Waals surface area contributed by atoms with Crippen LogP contribution in [0.2, 0.25) is 0 Å². The molecule has 3 aromatic carbocycles. The number of ether oxygens (including phenoxy) is 2. The Labute approximate surface area is 279 Å². The van der Waals surface area contributed by atoms with E-state index in [0.29, 0.717) is 43.5 Å². The molecule has 1 atom stereocenters. The maximum Gasteiger partial charge on any atom is 0.242 e. The first kappa shape index (κ1) is 32.2. The summed E-state index contributed by atoms with van der Waals surface area (Å²) in [6.07, 6.45) is 0. The van der Waals surface area contributed by atoms with Crippen molar-refractivity contribution in [2.45, 2.75) is 26.0 Å². The van der Waals surface area contributed by atoms with Crippen molar-refractivity contribution < 1.29 is 23.9 Å². The molecule has 1 unspecified atom stereocenters. The second kappa shape index (κ2) is 13.5. The normalized spacial score (nSPS) is 16.5. The first-order valence-corrected chi connectivity index (χ1v) is 16.7. The number of piperazine rings is 1. The smallest absolute Gasteiger partial charge is 0.242 e. The van der Waals surface area contributed by atoms with Gasteiger partial charge in [-0.3, -0.25) is 19.3 Å². The second-order valence-electron chi connectivity index (χ2n) is 11.8. The molecule has 0 spiro atoms. The lowest BCUT2D eigenvalue weighted by molar-refractivity contribution is -0.137. The van der Waals surface area contributed by atoms with Gasteiger partial charge in [0.05, 0.1) is 36.6 Å². The Morgan fingerprint density at radius 3 is 2.26 bits per heavy atom. The molecule has 2 aliphatic rings. The zero-order chi connectivity index (χ0) is 33.2. The van der Waals surface area contributed by atoms with Gasteiger partial charge in [-0.05, 0) is 43.2 Å². The lowest BCUT2D eigenvalue weighted by Gasteiger charge is -2.35. The van der Waals surface area contributed by atoms with E-state index >= 15 is 0 Å². The van der Waals surface area contributed by atoms with Crippen LogP contribution in [0.4, 0.5) is 5.82 Å². The van der Waals surface area contributed by atoms with E-state index in [0.717, 1.165) is 39.2 Å². The number of nitrogens with zero attached hydrogens (tertiary/aromatic N) is 5. The van der Waals surface area contributed by atoms with Gasteiger partial charge in [0, 0.05) is 44.2 Å². The molecule has 0 N–H and O–H groups in total. The van der Waals surface area contributed by atoms with E-state index in [2.05, 4.69) is 6.07 Å². The van der Waals surface area contributed by atoms with Gasteiger partial charge in [-0.25, -0.2) is 4.68 Å². The maximum atomic E-state index is 14.2. The molecule has 47 heavy (non-hydrogen) atoms. The fraction of sp³-hybridized carbons (Fsp3) is 0.333. The van der Waals surface area contributed by atoms with Crippen LogP contribution in [0.5, 0.6) is 11.5 Å². The molecule has 4 aromatic rings. The van der Waals surface area contributed by atoms with Crippen molar-refractivity contribution >= 4 is 35.3 Å². The van der Waals surface area contributed by atoms with E-state index in [9.17, 15) is 14.4 Å². The van der Waals surface area contributed by atoms with Gasteiger partial charge in [0.15, 0.2) is 11.5 Å². The molecular formula is C36H39N5O5S. The fourth-order valence-corrected chi connectivity index (χ4v) is 7.51. The van der Waals surface area contributed by atoms with E-state index in [1.165, 1.54) is 11.8 Å². The third kappa shape index (κ3) is 6.32. The second-order valence-corrected chi connectivity index (χ2v) is 12.9. The maximum absolute atomic E-state index is 14.2. The van der Waals surface area contributed by atoms with E-state index in [4.69, 9.17) is 14.6 Å². The molecule has 1 saturated heterocycles. The van der Waals surface area contributed by atoms with Crippen LogP contribution in [0, 0.1) is 13.8 Å². The first-order valence-electron chi connectivity index (χ1n) is 15.6. The van der Waals surface area contributed by atoms with Crippen molar-refractivity contribution in [3.05, 3.63) is 89.0 Å². The topological polar surface area (TPSA) is 97.2 Å². The number of carbonyl (C=O) groups excluding carboxylic acids is 3.